The molecule has 0 heterocycles. The summed E-state index contributed by atoms with van der Waals surface area (Å²) < 4.78 is 34.7. The second-order valence-electron chi connectivity index (χ2n) is 11.2. The van der Waals surface area contributed by atoms with Crippen LogP contribution in [0.25, 0.3) is 0 Å². The Labute approximate surface area is 265 Å². The zero-order chi connectivity index (χ0) is 31.6. The van der Waals surface area contributed by atoms with Gasteiger partial charge in [-0.25, -0.2) is 8.42 Å². The van der Waals surface area contributed by atoms with E-state index in [1.807, 2.05) is 60.7 Å². The van der Waals surface area contributed by atoms with E-state index < -0.39 is 28.5 Å². The molecule has 9 heteroatoms. The van der Waals surface area contributed by atoms with Gasteiger partial charge >= 0.3 is 0 Å². The third-order valence-electron chi connectivity index (χ3n) is 8.12. The average Bonchev–Trinajstić information content (AvgIpc) is 3.59. The van der Waals surface area contributed by atoms with Gasteiger partial charge in [0.1, 0.15) is 18.3 Å². The fraction of sp³-hybridized carbons (Fsp3) is 0.278. The Balaban J connectivity index is 1.56. The molecule has 4 aromatic rings. The maximum Gasteiger partial charge on any atom is 0.264 e. The Morgan fingerprint density at radius 2 is 1.42 bits per heavy atom. The van der Waals surface area contributed by atoms with Crippen LogP contribution < -0.4 is 14.4 Å². The standard InChI is InChI=1S/C36H39N3O5S/c1-44-32-21-13-20-31(25-32)39(45(42,43)33-22-9-4-10-23-33)27-35(40)38(26-29-16-7-3-8-17-29)34(24-28-14-5-2-6-15-28)36(41)37-30-18-11-12-19-30/h2-10,13-17,20-23,25,30,34H,11-12,18-19,24,26-27H2,1H3,(H,37,41)/t34-/m0/s1. The summed E-state index contributed by atoms with van der Waals surface area (Å²) >= 11 is 0. The number of hydrogen-bond donors (Lipinski definition) is 1. The molecule has 0 saturated heterocycles. The zero-order valence-electron chi connectivity index (χ0n) is 25.4. The first-order valence-electron chi connectivity index (χ1n) is 15.2. The quantitative estimate of drug-likeness (QED) is 0.209. The first-order valence-corrected chi connectivity index (χ1v) is 16.7. The van der Waals surface area contributed by atoms with Crippen LogP contribution in [0, 0.1) is 0 Å². The minimum atomic E-state index is -4.17. The molecule has 0 spiro atoms. The van der Waals surface area contributed by atoms with Gasteiger partial charge in [-0.2, -0.15) is 0 Å². The molecule has 0 bridgehead atoms. The fourth-order valence-corrected chi connectivity index (χ4v) is 7.14. The van der Waals surface area contributed by atoms with Crippen molar-refractivity contribution >= 4 is 27.5 Å². The van der Waals surface area contributed by atoms with Crippen molar-refractivity contribution in [3.05, 3.63) is 126 Å². The van der Waals surface area contributed by atoms with Crippen LogP contribution in [-0.2, 0) is 32.6 Å². The molecule has 1 aliphatic rings. The molecule has 5 rings (SSSR count). The number of rotatable bonds is 13. The number of benzene rings is 4. The largest absolute Gasteiger partial charge is 0.497 e. The number of hydrogen-bond acceptors (Lipinski definition) is 5. The van der Waals surface area contributed by atoms with Gasteiger partial charge in [0.15, 0.2) is 0 Å². The third kappa shape index (κ3) is 8.10. The number of sulfonamides is 1. The van der Waals surface area contributed by atoms with E-state index in [4.69, 9.17) is 4.74 Å². The molecule has 2 amide bonds. The van der Waals surface area contributed by atoms with Crippen LogP contribution in [0.5, 0.6) is 5.75 Å². The topological polar surface area (TPSA) is 96.0 Å². The summed E-state index contributed by atoms with van der Waals surface area (Å²) in [6.45, 7) is -0.383. The molecule has 1 atom stereocenters. The number of anilines is 1. The van der Waals surface area contributed by atoms with E-state index in [1.165, 1.54) is 24.1 Å². The number of ether oxygens (including phenoxy) is 1. The first-order chi connectivity index (χ1) is 21.8. The molecular formula is C36H39N3O5S. The molecule has 4 aromatic carbocycles. The van der Waals surface area contributed by atoms with Gasteiger partial charge in [0.05, 0.1) is 17.7 Å². The molecule has 0 unspecified atom stereocenters. The van der Waals surface area contributed by atoms with E-state index in [1.54, 1.807) is 42.5 Å². The summed E-state index contributed by atoms with van der Waals surface area (Å²) in [6, 6.07) is 32.8. The molecule has 1 N–H and O–H groups in total. The van der Waals surface area contributed by atoms with Gasteiger partial charge in [0, 0.05) is 25.1 Å². The number of methoxy groups -OCH3 is 1. The van der Waals surface area contributed by atoms with E-state index in [0.717, 1.165) is 41.1 Å². The van der Waals surface area contributed by atoms with Crippen molar-refractivity contribution in [2.24, 2.45) is 0 Å². The van der Waals surface area contributed by atoms with Crippen LogP contribution >= 0.6 is 0 Å². The zero-order valence-corrected chi connectivity index (χ0v) is 26.2. The highest BCUT2D eigenvalue weighted by atomic mass is 32.2. The van der Waals surface area contributed by atoms with Crippen LogP contribution in [0.2, 0.25) is 0 Å². The highest BCUT2D eigenvalue weighted by Crippen LogP contribution is 2.28. The molecule has 1 saturated carbocycles. The van der Waals surface area contributed by atoms with Crippen LogP contribution in [0.1, 0.15) is 36.8 Å². The Hall–Kier alpha value is -4.63. The lowest BCUT2D eigenvalue weighted by atomic mass is 10.0. The van der Waals surface area contributed by atoms with Crippen molar-refractivity contribution in [3.8, 4) is 5.75 Å². The lowest BCUT2D eigenvalue weighted by Gasteiger charge is -2.34. The molecule has 0 radical (unpaired) electrons. The smallest absolute Gasteiger partial charge is 0.264 e. The minimum Gasteiger partial charge on any atom is -0.497 e. The van der Waals surface area contributed by atoms with Crippen molar-refractivity contribution in [2.45, 2.75) is 55.6 Å². The molecule has 0 aromatic heterocycles. The van der Waals surface area contributed by atoms with Crippen LogP contribution in [0.4, 0.5) is 5.69 Å². The first kappa shape index (κ1) is 31.8. The lowest BCUT2D eigenvalue weighted by Crippen LogP contribution is -2.54. The highest BCUT2D eigenvalue weighted by molar-refractivity contribution is 7.92. The second kappa shape index (κ2) is 14.9. The second-order valence-corrected chi connectivity index (χ2v) is 13.1. The van der Waals surface area contributed by atoms with E-state index >= 15 is 0 Å². The number of nitrogens with zero attached hydrogens (tertiary/aromatic N) is 2. The van der Waals surface area contributed by atoms with Crippen LogP contribution in [0.3, 0.4) is 0 Å². The van der Waals surface area contributed by atoms with E-state index in [-0.39, 0.29) is 35.5 Å². The summed E-state index contributed by atoms with van der Waals surface area (Å²) in [5.41, 5.74) is 2.01. The van der Waals surface area contributed by atoms with E-state index in [0.29, 0.717) is 5.75 Å². The fourth-order valence-electron chi connectivity index (χ4n) is 5.72. The molecule has 234 valence electrons. The van der Waals surface area contributed by atoms with E-state index in [2.05, 4.69) is 5.32 Å². The average molecular weight is 626 g/mol. The van der Waals surface area contributed by atoms with Crippen LogP contribution in [-0.4, -0.2) is 50.9 Å². The molecule has 1 aliphatic carbocycles. The van der Waals surface area contributed by atoms with Gasteiger partial charge < -0.3 is 15.0 Å². The number of nitrogens with one attached hydrogen (secondary N) is 1. The predicted octanol–water partition coefficient (Wildman–Crippen LogP) is 5.59. The van der Waals surface area contributed by atoms with Gasteiger partial charge in [-0.05, 0) is 48.2 Å². The summed E-state index contributed by atoms with van der Waals surface area (Å²) in [4.78, 5) is 30.2. The molecule has 1 fully saturated rings. The van der Waals surface area contributed by atoms with Crippen molar-refractivity contribution in [1.29, 1.82) is 0 Å². The number of amides is 2. The minimum absolute atomic E-state index is 0.0510. The van der Waals surface area contributed by atoms with Gasteiger partial charge in [0.25, 0.3) is 10.0 Å². The number of carbonyl (C=O) groups is 2. The molecule has 8 nitrogen and oxygen atoms in total. The van der Waals surface area contributed by atoms with Crippen LogP contribution in [0.15, 0.2) is 120 Å². The maximum atomic E-state index is 14.5. The summed E-state index contributed by atoms with van der Waals surface area (Å²) in [5.74, 6) is -0.287. The highest BCUT2D eigenvalue weighted by Gasteiger charge is 2.35. The van der Waals surface area contributed by atoms with Crippen molar-refractivity contribution in [1.82, 2.24) is 10.2 Å². The Bertz CT molecular complexity index is 1660. The van der Waals surface area contributed by atoms with Gasteiger partial charge in [-0.3, -0.25) is 13.9 Å². The molecular weight excluding hydrogens is 586 g/mol. The summed E-state index contributed by atoms with van der Waals surface area (Å²) in [5, 5.41) is 3.20. The Morgan fingerprint density at radius 1 is 0.822 bits per heavy atom. The van der Waals surface area contributed by atoms with Gasteiger partial charge in [0.2, 0.25) is 11.8 Å². The monoisotopic (exact) mass is 625 g/mol. The van der Waals surface area contributed by atoms with Crippen molar-refractivity contribution < 1.29 is 22.7 Å². The summed E-state index contributed by atoms with van der Waals surface area (Å²) in [6.07, 6.45) is 4.18. The van der Waals surface area contributed by atoms with Gasteiger partial charge in [-0.15, -0.1) is 0 Å². The Morgan fingerprint density at radius 3 is 2.04 bits per heavy atom. The number of carbonyl (C=O) groups excluding carboxylic acids is 2. The SMILES string of the molecule is COc1cccc(N(CC(=O)N(Cc2ccccc2)[C@@H](Cc2ccccc2)C(=O)NC2CCCC2)S(=O)(=O)c2ccccc2)c1. The lowest BCUT2D eigenvalue weighted by molar-refractivity contribution is -0.140. The summed E-state index contributed by atoms with van der Waals surface area (Å²) in [7, 11) is -2.68. The van der Waals surface area contributed by atoms with Crippen molar-refractivity contribution in [3.63, 3.8) is 0 Å². The van der Waals surface area contributed by atoms with E-state index in [9.17, 15) is 18.0 Å². The van der Waals surface area contributed by atoms with Gasteiger partial charge in [-0.1, -0.05) is 97.8 Å². The molecule has 45 heavy (non-hydrogen) atoms. The van der Waals surface area contributed by atoms with Crippen molar-refractivity contribution in [2.75, 3.05) is 18.0 Å². The third-order valence-corrected chi connectivity index (χ3v) is 9.91. The normalized spacial score (nSPS) is 14.0. The Kier molecular flexibility index (Phi) is 10.5. The molecule has 0 aliphatic heterocycles. The maximum absolute atomic E-state index is 14.5. The predicted molar refractivity (Wildman–Crippen MR) is 175 cm³/mol.